The van der Waals surface area contributed by atoms with Gasteiger partial charge >= 0.3 is 0 Å². The Hall–Kier alpha value is -0.640. The molecule has 4 heteroatoms. The van der Waals surface area contributed by atoms with Crippen molar-refractivity contribution in [2.45, 2.75) is 46.0 Å². The first-order chi connectivity index (χ1) is 7.63. The number of hydrogen-bond acceptors (Lipinski definition) is 3. The molecule has 0 amide bonds. The van der Waals surface area contributed by atoms with Crippen molar-refractivity contribution in [2.24, 2.45) is 0 Å². The second-order valence-electron chi connectivity index (χ2n) is 4.22. The van der Waals surface area contributed by atoms with E-state index in [0.717, 1.165) is 22.8 Å². The topological polar surface area (TPSA) is 37.8 Å². The molecule has 0 fully saturated rings. The highest BCUT2D eigenvalue weighted by atomic mass is 79.9. The van der Waals surface area contributed by atoms with Crippen LogP contribution < -0.4 is 5.32 Å². The minimum atomic E-state index is 0.355. The molecule has 0 spiro atoms. The van der Waals surface area contributed by atoms with E-state index in [-0.39, 0.29) is 0 Å². The van der Waals surface area contributed by atoms with Gasteiger partial charge in [0, 0.05) is 18.5 Å². The van der Waals surface area contributed by atoms with Gasteiger partial charge in [-0.25, -0.2) is 9.97 Å². The van der Waals surface area contributed by atoms with E-state index < -0.39 is 0 Å². The Morgan fingerprint density at radius 3 is 2.69 bits per heavy atom. The van der Waals surface area contributed by atoms with Gasteiger partial charge in [-0.3, -0.25) is 0 Å². The molecule has 0 saturated carbocycles. The molecule has 0 aliphatic carbocycles. The molecule has 0 bridgehead atoms. The van der Waals surface area contributed by atoms with Crippen molar-refractivity contribution in [3.63, 3.8) is 0 Å². The molecule has 0 aromatic carbocycles. The maximum Gasteiger partial charge on any atom is 0.134 e. The Kier molecular flexibility index (Phi) is 5.74. The average molecular weight is 286 g/mol. The number of rotatable bonds is 6. The summed E-state index contributed by atoms with van der Waals surface area (Å²) >= 11 is 3.41. The van der Waals surface area contributed by atoms with E-state index in [1.54, 1.807) is 0 Å². The van der Waals surface area contributed by atoms with Crippen molar-refractivity contribution in [1.82, 2.24) is 9.97 Å². The van der Waals surface area contributed by atoms with Crippen LogP contribution in [0.2, 0.25) is 0 Å². The predicted molar refractivity (Wildman–Crippen MR) is 71.8 cm³/mol. The molecule has 16 heavy (non-hydrogen) atoms. The molecule has 0 aliphatic heterocycles. The van der Waals surface area contributed by atoms with Crippen LogP contribution in [-0.4, -0.2) is 16.5 Å². The van der Waals surface area contributed by atoms with Crippen molar-refractivity contribution >= 4 is 21.7 Å². The average Bonchev–Trinajstić information content (AvgIpc) is 2.23. The van der Waals surface area contributed by atoms with E-state index in [1.165, 1.54) is 19.3 Å². The fourth-order valence-corrected chi connectivity index (χ4v) is 1.77. The normalized spacial score (nSPS) is 10.8. The Morgan fingerprint density at radius 2 is 2.06 bits per heavy atom. The van der Waals surface area contributed by atoms with Gasteiger partial charge in [0.05, 0.1) is 0 Å². The summed E-state index contributed by atoms with van der Waals surface area (Å²) < 4.78 is 0.851. The quantitative estimate of drug-likeness (QED) is 0.635. The molecule has 1 rings (SSSR count). The van der Waals surface area contributed by atoms with Gasteiger partial charge < -0.3 is 5.32 Å². The van der Waals surface area contributed by atoms with Crippen LogP contribution in [0.25, 0.3) is 0 Å². The Labute approximate surface area is 106 Å². The molecule has 90 valence electrons. The Balaban J connectivity index is 2.58. The lowest BCUT2D eigenvalue weighted by Gasteiger charge is -2.09. The molecule has 0 radical (unpaired) electrons. The minimum absolute atomic E-state index is 0.355. The predicted octanol–water partition coefficient (Wildman–Crippen LogP) is 3.96. The zero-order chi connectivity index (χ0) is 12.0. The molecular weight excluding hydrogens is 266 g/mol. The third kappa shape index (κ3) is 4.47. The van der Waals surface area contributed by atoms with Gasteiger partial charge in [0.15, 0.2) is 0 Å². The summed E-state index contributed by atoms with van der Waals surface area (Å²) in [6, 6.07) is 1.93. The summed E-state index contributed by atoms with van der Waals surface area (Å²) in [4.78, 5) is 8.82. The van der Waals surface area contributed by atoms with E-state index in [1.807, 2.05) is 6.07 Å². The van der Waals surface area contributed by atoms with Gasteiger partial charge in [-0.2, -0.15) is 0 Å². The maximum absolute atomic E-state index is 4.48. The number of anilines is 1. The van der Waals surface area contributed by atoms with Crippen LogP contribution in [0.15, 0.2) is 10.7 Å². The number of aromatic nitrogens is 2. The fraction of sp³-hybridized carbons (Fsp3) is 0.667. The monoisotopic (exact) mass is 285 g/mol. The van der Waals surface area contributed by atoms with Crippen molar-refractivity contribution in [2.75, 3.05) is 11.9 Å². The Bertz CT molecular complexity index is 326. The van der Waals surface area contributed by atoms with Crippen LogP contribution in [0, 0.1) is 0 Å². The van der Waals surface area contributed by atoms with Gasteiger partial charge in [0.25, 0.3) is 0 Å². The van der Waals surface area contributed by atoms with Crippen LogP contribution in [-0.2, 0) is 0 Å². The van der Waals surface area contributed by atoms with Crippen LogP contribution in [0.1, 0.15) is 51.8 Å². The van der Waals surface area contributed by atoms with E-state index >= 15 is 0 Å². The lowest BCUT2D eigenvalue weighted by Crippen LogP contribution is -2.06. The van der Waals surface area contributed by atoms with Gasteiger partial charge in [-0.15, -0.1) is 0 Å². The lowest BCUT2D eigenvalue weighted by atomic mass is 10.2. The summed E-state index contributed by atoms with van der Waals surface area (Å²) in [5.41, 5.74) is 0. The molecule has 3 nitrogen and oxygen atoms in total. The first-order valence-corrected chi connectivity index (χ1v) is 6.71. The number of unbranched alkanes of at least 4 members (excludes halogenated alkanes) is 2. The van der Waals surface area contributed by atoms with Crippen LogP contribution >= 0.6 is 15.9 Å². The van der Waals surface area contributed by atoms with Crippen molar-refractivity contribution in [3.8, 4) is 0 Å². The molecule has 1 heterocycles. The van der Waals surface area contributed by atoms with Gasteiger partial charge in [0.1, 0.15) is 16.2 Å². The van der Waals surface area contributed by atoms with Gasteiger partial charge in [-0.1, -0.05) is 33.6 Å². The van der Waals surface area contributed by atoms with Gasteiger partial charge in [-0.05, 0) is 22.4 Å². The third-order valence-corrected chi connectivity index (χ3v) is 2.72. The zero-order valence-corrected chi connectivity index (χ0v) is 11.8. The van der Waals surface area contributed by atoms with Crippen molar-refractivity contribution in [1.29, 1.82) is 0 Å². The maximum atomic E-state index is 4.48. The number of hydrogen-bond donors (Lipinski definition) is 1. The molecule has 0 unspecified atom stereocenters. The zero-order valence-electron chi connectivity index (χ0n) is 10.3. The second-order valence-corrected chi connectivity index (χ2v) is 5.04. The standard InChI is InChI=1S/C12H20BrN3/c1-4-5-6-7-14-11-8-10(13)15-12(16-11)9(2)3/h8-9H,4-7H2,1-3H3,(H,14,15,16). The fourth-order valence-electron chi connectivity index (χ4n) is 1.38. The highest BCUT2D eigenvalue weighted by Gasteiger charge is 2.06. The molecule has 1 aromatic heterocycles. The van der Waals surface area contributed by atoms with E-state index in [4.69, 9.17) is 0 Å². The molecular formula is C12H20BrN3. The molecule has 1 N–H and O–H groups in total. The highest BCUT2D eigenvalue weighted by molar-refractivity contribution is 9.10. The van der Waals surface area contributed by atoms with Gasteiger partial charge in [0.2, 0.25) is 0 Å². The van der Waals surface area contributed by atoms with E-state index in [2.05, 4.69) is 52.0 Å². The molecule has 0 aliphatic rings. The summed E-state index contributed by atoms with van der Waals surface area (Å²) in [7, 11) is 0. The van der Waals surface area contributed by atoms with Crippen LogP contribution in [0.4, 0.5) is 5.82 Å². The lowest BCUT2D eigenvalue weighted by molar-refractivity contribution is 0.736. The van der Waals surface area contributed by atoms with E-state index in [0.29, 0.717) is 5.92 Å². The molecule has 0 atom stereocenters. The van der Waals surface area contributed by atoms with Crippen LogP contribution in [0.3, 0.4) is 0 Å². The summed E-state index contributed by atoms with van der Waals surface area (Å²) in [6.07, 6.45) is 3.69. The SMILES string of the molecule is CCCCCNc1cc(Br)nc(C(C)C)n1. The van der Waals surface area contributed by atoms with E-state index in [9.17, 15) is 0 Å². The smallest absolute Gasteiger partial charge is 0.134 e. The third-order valence-electron chi connectivity index (χ3n) is 2.32. The number of nitrogens with zero attached hydrogens (tertiary/aromatic N) is 2. The first kappa shape index (κ1) is 13.4. The number of halogens is 1. The highest BCUT2D eigenvalue weighted by Crippen LogP contribution is 2.17. The summed E-state index contributed by atoms with van der Waals surface area (Å²) in [6.45, 7) is 7.39. The Morgan fingerprint density at radius 1 is 1.31 bits per heavy atom. The summed E-state index contributed by atoms with van der Waals surface area (Å²) in [5, 5.41) is 3.33. The summed E-state index contributed by atoms with van der Waals surface area (Å²) in [5.74, 6) is 2.16. The largest absolute Gasteiger partial charge is 0.370 e. The molecule has 0 saturated heterocycles. The second kappa shape index (κ2) is 6.84. The van der Waals surface area contributed by atoms with Crippen LogP contribution in [0.5, 0.6) is 0 Å². The minimum Gasteiger partial charge on any atom is -0.370 e. The first-order valence-electron chi connectivity index (χ1n) is 5.91. The molecule has 1 aromatic rings. The number of nitrogens with one attached hydrogen (secondary N) is 1. The van der Waals surface area contributed by atoms with Crippen molar-refractivity contribution in [3.05, 3.63) is 16.5 Å². The van der Waals surface area contributed by atoms with Crippen molar-refractivity contribution < 1.29 is 0 Å².